The van der Waals surface area contributed by atoms with Crippen LogP contribution in [0.4, 0.5) is 5.69 Å². The van der Waals surface area contributed by atoms with E-state index < -0.39 is 0 Å². The lowest BCUT2D eigenvalue weighted by atomic mass is 9.89. The first kappa shape index (κ1) is 25.2. The summed E-state index contributed by atoms with van der Waals surface area (Å²) in [5, 5.41) is 7.04. The number of hydrogen-bond acceptors (Lipinski definition) is 4. The summed E-state index contributed by atoms with van der Waals surface area (Å²) in [7, 11) is 0. The van der Waals surface area contributed by atoms with Crippen LogP contribution in [0, 0.1) is 0 Å². The third kappa shape index (κ3) is 4.56. The van der Waals surface area contributed by atoms with Gasteiger partial charge in [0, 0.05) is 54.4 Å². The van der Waals surface area contributed by atoms with Crippen LogP contribution >= 0.6 is 24.0 Å². The summed E-state index contributed by atoms with van der Waals surface area (Å²) >= 11 is 6.64. The second-order valence-corrected chi connectivity index (χ2v) is 9.18. The van der Waals surface area contributed by atoms with E-state index in [0.29, 0.717) is 28.3 Å². The zero-order chi connectivity index (χ0) is 23.7. The molecule has 1 amide bonds. The Labute approximate surface area is 217 Å². The van der Waals surface area contributed by atoms with Gasteiger partial charge in [0.2, 0.25) is 0 Å². The van der Waals surface area contributed by atoms with E-state index in [1.165, 1.54) is 0 Å². The second-order valence-electron chi connectivity index (χ2n) is 8.77. The monoisotopic (exact) mass is 509 g/mol. The standard InChI is InChI=1S/C28H28ClN3O2.ClH/c1-2-3-12-31-28(34)22-17-21(18-8-6-7-11-23(18)29)24-19-9-4-5-10-20(19)27(33)25(24)26(22)32-15-13-30-14-16-32;/h4-11,17,30H,2-3,12-16H2,1H3,(H,31,34);1H. The Kier molecular flexibility index (Phi) is 7.80. The van der Waals surface area contributed by atoms with Gasteiger partial charge in [-0.05, 0) is 29.7 Å². The van der Waals surface area contributed by atoms with Gasteiger partial charge in [-0.1, -0.05) is 67.4 Å². The van der Waals surface area contributed by atoms with Gasteiger partial charge in [0.1, 0.15) is 0 Å². The van der Waals surface area contributed by atoms with Crippen molar-refractivity contribution >= 4 is 41.4 Å². The molecule has 2 N–H and O–H groups in total. The highest BCUT2D eigenvalue weighted by molar-refractivity contribution is 6.34. The van der Waals surface area contributed by atoms with Crippen molar-refractivity contribution in [2.45, 2.75) is 19.8 Å². The van der Waals surface area contributed by atoms with Crippen LogP contribution < -0.4 is 15.5 Å². The number of benzene rings is 3. The van der Waals surface area contributed by atoms with Gasteiger partial charge >= 0.3 is 0 Å². The fraction of sp³-hybridized carbons (Fsp3) is 0.286. The van der Waals surface area contributed by atoms with Gasteiger partial charge in [0.05, 0.1) is 16.8 Å². The number of rotatable bonds is 6. The number of carbonyl (C=O) groups excluding carboxylic acids is 2. The molecule has 0 spiro atoms. The van der Waals surface area contributed by atoms with E-state index in [4.69, 9.17) is 11.6 Å². The number of ketones is 1. The molecule has 1 heterocycles. The molecule has 1 aliphatic carbocycles. The first-order valence-corrected chi connectivity index (χ1v) is 12.3. The number of anilines is 1. The first-order chi connectivity index (χ1) is 16.6. The minimum Gasteiger partial charge on any atom is -0.368 e. The smallest absolute Gasteiger partial charge is 0.253 e. The molecule has 0 atom stereocenters. The Balaban J connectivity index is 0.00000289. The Morgan fingerprint density at radius 1 is 0.971 bits per heavy atom. The van der Waals surface area contributed by atoms with Crippen LogP contribution in [-0.2, 0) is 0 Å². The number of hydrogen-bond donors (Lipinski definition) is 2. The maximum Gasteiger partial charge on any atom is 0.253 e. The lowest BCUT2D eigenvalue weighted by molar-refractivity contribution is 0.0953. The lowest BCUT2D eigenvalue weighted by Gasteiger charge is -2.33. The van der Waals surface area contributed by atoms with E-state index in [0.717, 1.165) is 67.0 Å². The number of amides is 1. The predicted molar refractivity (Wildman–Crippen MR) is 145 cm³/mol. The van der Waals surface area contributed by atoms with E-state index in [-0.39, 0.29) is 24.1 Å². The number of fused-ring (bicyclic) bond motifs is 3. The van der Waals surface area contributed by atoms with E-state index in [1.807, 2.05) is 54.6 Å². The third-order valence-electron chi connectivity index (χ3n) is 6.63. The average molecular weight is 510 g/mol. The van der Waals surface area contributed by atoms with Gasteiger partial charge in [-0.15, -0.1) is 12.4 Å². The van der Waals surface area contributed by atoms with Crippen molar-refractivity contribution in [3.63, 3.8) is 0 Å². The summed E-state index contributed by atoms with van der Waals surface area (Å²) in [6, 6.07) is 17.3. The zero-order valence-electron chi connectivity index (χ0n) is 19.7. The normalized spacial score (nSPS) is 14.2. The third-order valence-corrected chi connectivity index (χ3v) is 6.96. The summed E-state index contributed by atoms with van der Waals surface area (Å²) < 4.78 is 0. The molecule has 0 unspecified atom stereocenters. The molecule has 0 aromatic heterocycles. The largest absolute Gasteiger partial charge is 0.368 e. The van der Waals surface area contributed by atoms with E-state index in [9.17, 15) is 9.59 Å². The van der Waals surface area contributed by atoms with E-state index >= 15 is 0 Å². The summed E-state index contributed by atoms with van der Waals surface area (Å²) in [6.07, 6.45) is 1.90. The van der Waals surface area contributed by atoms with Gasteiger partial charge < -0.3 is 15.5 Å². The molecule has 0 bridgehead atoms. The van der Waals surface area contributed by atoms with Gasteiger partial charge in [-0.25, -0.2) is 0 Å². The minimum absolute atomic E-state index is 0. The van der Waals surface area contributed by atoms with E-state index in [1.54, 1.807) is 0 Å². The number of carbonyl (C=O) groups is 2. The molecule has 1 fully saturated rings. The molecule has 2 aliphatic rings. The quantitative estimate of drug-likeness (QED) is 0.333. The maximum atomic E-state index is 13.8. The molecule has 3 aromatic carbocycles. The first-order valence-electron chi connectivity index (χ1n) is 12.0. The van der Waals surface area contributed by atoms with Crippen LogP contribution in [0.1, 0.15) is 46.0 Å². The predicted octanol–water partition coefficient (Wildman–Crippen LogP) is 5.58. The van der Waals surface area contributed by atoms with Crippen molar-refractivity contribution < 1.29 is 9.59 Å². The van der Waals surface area contributed by atoms with Crippen molar-refractivity contribution in [3.8, 4) is 22.3 Å². The van der Waals surface area contributed by atoms with E-state index in [2.05, 4.69) is 22.5 Å². The highest BCUT2D eigenvalue weighted by atomic mass is 35.5. The van der Waals surface area contributed by atoms with Gasteiger partial charge in [-0.2, -0.15) is 0 Å². The fourth-order valence-electron chi connectivity index (χ4n) is 4.96. The average Bonchev–Trinajstić information content (AvgIpc) is 3.17. The number of nitrogens with zero attached hydrogens (tertiary/aromatic N) is 1. The van der Waals surface area contributed by atoms with Gasteiger partial charge in [0.15, 0.2) is 5.78 Å². The maximum absolute atomic E-state index is 13.8. The van der Waals surface area contributed by atoms with Crippen molar-refractivity contribution in [1.29, 1.82) is 0 Å². The molecular formula is C28H29Cl2N3O2. The van der Waals surface area contributed by atoms with Crippen LogP contribution in [0.2, 0.25) is 5.02 Å². The summed E-state index contributed by atoms with van der Waals surface area (Å²) in [6.45, 7) is 5.77. The molecule has 0 radical (unpaired) electrons. The van der Waals surface area contributed by atoms with Crippen molar-refractivity contribution in [2.75, 3.05) is 37.6 Å². The minimum atomic E-state index is -0.151. The van der Waals surface area contributed by atoms with Gasteiger partial charge in [0.25, 0.3) is 5.91 Å². The number of nitrogens with one attached hydrogen (secondary N) is 2. The van der Waals surface area contributed by atoms with Crippen LogP contribution in [0.5, 0.6) is 0 Å². The Morgan fingerprint density at radius 2 is 1.63 bits per heavy atom. The van der Waals surface area contributed by atoms with Gasteiger partial charge in [-0.3, -0.25) is 9.59 Å². The van der Waals surface area contributed by atoms with Crippen LogP contribution in [0.25, 0.3) is 22.3 Å². The molecule has 5 rings (SSSR count). The van der Waals surface area contributed by atoms with Crippen LogP contribution in [0.3, 0.4) is 0 Å². The molecule has 3 aromatic rings. The SMILES string of the molecule is CCCCNC(=O)c1cc(-c2ccccc2Cl)c2c(c1N1CCNCC1)C(=O)c1ccccc1-2.Cl. The van der Waals surface area contributed by atoms with Crippen molar-refractivity contribution in [2.24, 2.45) is 0 Å². The van der Waals surface area contributed by atoms with Crippen LogP contribution in [-0.4, -0.2) is 44.4 Å². The van der Waals surface area contributed by atoms with Crippen molar-refractivity contribution in [1.82, 2.24) is 10.6 Å². The lowest BCUT2D eigenvalue weighted by Crippen LogP contribution is -2.45. The number of unbranched alkanes of at least 4 members (excludes halogenated alkanes) is 1. The molecule has 0 saturated carbocycles. The summed E-state index contributed by atoms with van der Waals surface area (Å²) in [5.41, 5.74) is 5.96. The van der Waals surface area contributed by atoms with Crippen LogP contribution in [0.15, 0.2) is 54.6 Å². The molecule has 5 nitrogen and oxygen atoms in total. The second kappa shape index (κ2) is 10.8. The topological polar surface area (TPSA) is 61.4 Å². The summed E-state index contributed by atoms with van der Waals surface area (Å²) in [4.78, 5) is 29.6. The number of piperazine rings is 1. The summed E-state index contributed by atoms with van der Waals surface area (Å²) in [5.74, 6) is -0.183. The van der Waals surface area contributed by atoms with Crippen molar-refractivity contribution in [3.05, 3.63) is 76.3 Å². The highest BCUT2D eigenvalue weighted by Crippen LogP contribution is 2.49. The Bertz CT molecular complexity index is 1270. The zero-order valence-corrected chi connectivity index (χ0v) is 21.3. The fourth-order valence-corrected chi connectivity index (χ4v) is 5.20. The Morgan fingerprint density at radius 3 is 2.31 bits per heavy atom. The molecule has 35 heavy (non-hydrogen) atoms. The Hall–Kier alpha value is -2.86. The molecule has 7 heteroatoms. The molecule has 1 saturated heterocycles. The molecule has 1 aliphatic heterocycles. The highest BCUT2D eigenvalue weighted by Gasteiger charge is 2.37. The molecular weight excluding hydrogens is 481 g/mol. The molecule has 182 valence electrons. The number of halogens is 2.